The van der Waals surface area contributed by atoms with Gasteiger partial charge in [-0.15, -0.1) is 0 Å². The summed E-state index contributed by atoms with van der Waals surface area (Å²) < 4.78 is 2.21. The van der Waals surface area contributed by atoms with Gasteiger partial charge in [0.05, 0.1) is 16.8 Å². The highest BCUT2D eigenvalue weighted by Crippen LogP contribution is 2.43. The number of hydrazone groups is 1. The smallest absolute Gasteiger partial charge is 0.265 e. The van der Waals surface area contributed by atoms with E-state index in [-0.39, 0.29) is 17.9 Å². The first-order chi connectivity index (χ1) is 15.4. The predicted molar refractivity (Wildman–Crippen MR) is 135 cm³/mol. The van der Waals surface area contributed by atoms with E-state index in [1.807, 2.05) is 47.3 Å². The zero-order valence-corrected chi connectivity index (χ0v) is 21.5. The van der Waals surface area contributed by atoms with E-state index in [4.69, 9.17) is 40.1 Å². The summed E-state index contributed by atoms with van der Waals surface area (Å²) in [6, 6.07) is 13.1. The molecular weight excluding hydrogens is 535 g/mol. The second kappa shape index (κ2) is 10.3. The van der Waals surface area contributed by atoms with Crippen molar-refractivity contribution in [2.45, 2.75) is 38.6 Å². The van der Waals surface area contributed by atoms with Gasteiger partial charge in [-0.2, -0.15) is 9.63 Å². The summed E-state index contributed by atoms with van der Waals surface area (Å²) in [5.74, 6) is -0.501. The molecular formula is C23H24BrCl3N4O. The second-order valence-electron chi connectivity index (χ2n) is 8.14. The first-order valence-electron chi connectivity index (χ1n) is 10.7. The number of carbonyl (C=O) groups is 1. The Balaban J connectivity index is 1.70. The van der Waals surface area contributed by atoms with Gasteiger partial charge < -0.3 is 0 Å². The number of halogens is 4. The predicted octanol–water partition coefficient (Wildman–Crippen LogP) is 7.08. The van der Waals surface area contributed by atoms with Crippen molar-refractivity contribution in [2.75, 3.05) is 18.1 Å². The van der Waals surface area contributed by atoms with Crippen molar-refractivity contribution >= 4 is 68.2 Å². The average Bonchev–Trinajstić information content (AvgIpc) is 2.94. The van der Waals surface area contributed by atoms with Gasteiger partial charge in [0.15, 0.2) is 0 Å². The summed E-state index contributed by atoms with van der Waals surface area (Å²) in [5.41, 5.74) is 2.12. The Kier molecular flexibility index (Phi) is 7.68. The van der Waals surface area contributed by atoms with Crippen LogP contribution in [0.1, 0.15) is 44.2 Å². The number of nitrogens with zero attached hydrogens (tertiary/aromatic N) is 4. The van der Waals surface area contributed by atoms with Crippen LogP contribution in [0.5, 0.6) is 0 Å². The van der Waals surface area contributed by atoms with Crippen molar-refractivity contribution < 1.29 is 4.79 Å². The van der Waals surface area contributed by atoms with Gasteiger partial charge in [0, 0.05) is 40.3 Å². The summed E-state index contributed by atoms with van der Waals surface area (Å²) in [6.07, 6.45) is 4.35. The lowest BCUT2D eigenvalue weighted by molar-refractivity contribution is -0.130. The second-order valence-corrected chi connectivity index (χ2v) is 10.2. The molecule has 2 aliphatic rings. The molecule has 0 bridgehead atoms. The van der Waals surface area contributed by atoms with Crippen molar-refractivity contribution in [2.24, 2.45) is 11.0 Å². The van der Waals surface area contributed by atoms with Gasteiger partial charge in [-0.05, 0) is 48.7 Å². The summed E-state index contributed by atoms with van der Waals surface area (Å²) in [6.45, 7) is 3.53. The lowest BCUT2D eigenvalue weighted by atomic mass is 9.91. The van der Waals surface area contributed by atoms with Gasteiger partial charge in [-0.3, -0.25) is 9.80 Å². The van der Waals surface area contributed by atoms with E-state index in [0.717, 1.165) is 48.8 Å². The van der Waals surface area contributed by atoms with E-state index in [1.54, 1.807) is 12.1 Å². The number of hydrogen-bond acceptors (Lipinski definition) is 4. The Morgan fingerprint density at radius 1 is 1.06 bits per heavy atom. The fourth-order valence-electron chi connectivity index (χ4n) is 4.28. The number of carbonyl (C=O) groups excluding carboxylic acids is 1. The normalized spacial score (nSPS) is 21.9. The molecule has 0 N–H and O–H groups in total. The van der Waals surface area contributed by atoms with Crippen LogP contribution in [0, 0.1) is 5.92 Å². The molecule has 2 atom stereocenters. The maximum Gasteiger partial charge on any atom is 0.299 e. The Hall–Kier alpha value is -1.31. The third-order valence-corrected chi connectivity index (χ3v) is 7.40. The van der Waals surface area contributed by atoms with Crippen LogP contribution in [0.2, 0.25) is 10.0 Å². The van der Waals surface area contributed by atoms with Crippen LogP contribution in [0.4, 0.5) is 5.69 Å². The van der Waals surface area contributed by atoms with Crippen molar-refractivity contribution in [3.8, 4) is 0 Å². The molecule has 9 heteroatoms. The number of rotatable bonds is 4. The largest absolute Gasteiger partial charge is 0.299 e. The first-order valence-corrected chi connectivity index (χ1v) is 12.6. The Bertz CT molecular complexity index is 1010. The summed E-state index contributed by atoms with van der Waals surface area (Å²) >= 11 is 22.7. The van der Waals surface area contributed by atoms with Crippen LogP contribution in [0.25, 0.3) is 0 Å². The molecule has 2 aromatic carbocycles. The van der Waals surface area contributed by atoms with Gasteiger partial charge in [0.25, 0.3) is 5.91 Å². The number of hydrazine groups is 1. The van der Waals surface area contributed by atoms with Crippen LogP contribution in [-0.4, -0.2) is 34.2 Å². The van der Waals surface area contributed by atoms with Gasteiger partial charge in [-0.1, -0.05) is 71.0 Å². The van der Waals surface area contributed by atoms with Gasteiger partial charge in [0.2, 0.25) is 0 Å². The SMILES string of the molecule is C[C@@H]1C(C(=O)N(Cl)N2CCCCCC2)=NN(c2ccc(Cl)cc2Cl)[C@H]1c1ccc(Br)cc1. The molecule has 2 aliphatic heterocycles. The lowest BCUT2D eigenvalue weighted by Crippen LogP contribution is -2.44. The quantitative estimate of drug-likeness (QED) is 0.377. The summed E-state index contributed by atoms with van der Waals surface area (Å²) in [7, 11) is 0. The number of amides is 1. The van der Waals surface area contributed by atoms with Gasteiger partial charge in [0.1, 0.15) is 5.71 Å². The lowest BCUT2D eigenvalue weighted by Gasteiger charge is -2.29. The van der Waals surface area contributed by atoms with Crippen LogP contribution in [-0.2, 0) is 4.79 Å². The zero-order valence-electron chi connectivity index (χ0n) is 17.6. The molecule has 1 amide bonds. The van der Waals surface area contributed by atoms with Crippen LogP contribution in [0.15, 0.2) is 52.0 Å². The molecule has 2 aromatic rings. The van der Waals surface area contributed by atoms with Crippen molar-refractivity contribution in [3.05, 3.63) is 62.5 Å². The molecule has 0 radical (unpaired) electrons. The van der Waals surface area contributed by atoms with E-state index in [2.05, 4.69) is 15.9 Å². The fraction of sp³-hybridized carbons (Fsp3) is 0.391. The highest BCUT2D eigenvalue weighted by Gasteiger charge is 2.42. The number of anilines is 1. The van der Waals surface area contributed by atoms with E-state index >= 15 is 0 Å². The Morgan fingerprint density at radius 2 is 1.72 bits per heavy atom. The molecule has 1 saturated heterocycles. The maximum absolute atomic E-state index is 13.4. The highest BCUT2D eigenvalue weighted by atomic mass is 79.9. The molecule has 0 aromatic heterocycles. The van der Waals surface area contributed by atoms with Crippen LogP contribution >= 0.6 is 50.9 Å². The van der Waals surface area contributed by atoms with Gasteiger partial charge >= 0.3 is 0 Å². The molecule has 1 fully saturated rings. The summed E-state index contributed by atoms with van der Waals surface area (Å²) in [5, 5.41) is 9.50. The summed E-state index contributed by atoms with van der Waals surface area (Å²) in [4.78, 5) is 13.4. The Labute approximate surface area is 212 Å². The minimum atomic E-state index is -0.296. The molecule has 0 aliphatic carbocycles. The molecule has 32 heavy (non-hydrogen) atoms. The molecule has 0 unspecified atom stereocenters. The third-order valence-electron chi connectivity index (χ3n) is 5.97. The third kappa shape index (κ3) is 4.95. The molecule has 4 rings (SSSR count). The van der Waals surface area contributed by atoms with E-state index < -0.39 is 0 Å². The van der Waals surface area contributed by atoms with E-state index in [9.17, 15) is 4.79 Å². The topological polar surface area (TPSA) is 39.2 Å². The van der Waals surface area contributed by atoms with E-state index in [0.29, 0.717) is 21.4 Å². The zero-order chi connectivity index (χ0) is 22.8. The van der Waals surface area contributed by atoms with Crippen LogP contribution < -0.4 is 5.01 Å². The Morgan fingerprint density at radius 3 is 2.34 bits per heavy atom. The molecule has 170 valence electrons. The molecule has 0 saturated carbocycles. The van der Waals surface area contributed by atoms with Crippen molar-refractivity contribution in [1.29, 1.82) is 0 Å². The van der Waals surface area contributed by atoms with Gasteiger partial charge in [-0.25, -0.2) is 5.01 Å². The standard InChI is InChI=1S/C23H24BrCl3N4O/c1-15-21(23(32)31(27)29-12-4-2-3-5-13-29)28-30(20-11-10-18(25)14-19(20)26)22(15)16-6-8-17(24)9-7-16/h6-11,14-15,22H,2-5,12-13H2,1H3/t15-,22-/m1/s1. The monoisotopic (exact) mass is 556 g/mol. The molecule has 2 heterocycles. The maximum atomic E-state index is 13.4. The van der Waals surface area contributed by atoms with Crippen molar-refractivity contribution in [1.82, 2.24) is 9.54 Å². The fourth-order valence-corrected chi connectivity index (χ4v) is 5.28. The average molecular weight is 559 g/mol. The molecule has 5 nitrogen and oxygen atoms in total. The van der Waals surface area contributed by atoms with Crippen LogP contribution in [0.3, 0.4) is 0 Å². The number of hydrogen-bond donors (Lipinski definition) is 0. The van der Waals surface area contributed by atoms with E-state index in [1.165, 1.54) is 4.53 Å². The number of benzene rings is 2. The highest BCUT2D eigenvalue weighted by molar-refractivity contribution is 9.10. The van der Waals surface area contributed by atoms with Crippen molar-refractivity contribution in [3.63, 3.8) is 0 Å². The minimum Gasteiger partial charge on any atom is -0.265 e. The molecule has 0 spiro atoms. The minimum absolute atomic E-state index is 0.205. The first kappa shape index (κ1) is 23.8.